The van der Waals surface area contributed by atoms with E-state index in [2.05, 4.69) is 90.7 Å². The van der Waals surface area contributed by atoms with E-state index in [1.54, 1.807) is 0 Å². The van der Waals surface area contributed by atoms with Crippen LogP contribution in [0.5, 0.6) is 5.75 Å². The van der Waals surface area contributed by atoms with Gasteiger partial charge in [0.15, 0.2) is 0 Å². The van der Waals surface area contributed by atoms with Gasteiger partial charge in [0.05, 0.1) is 13.2 Å². The molecule has 1 fully saturated rings. The van der Waals surface area contributed by atoms with Crippen molar-refractivity contribution < 1.29 is 21.9 Å². The van der Waals surface area contributed by atoms with Crippen molar-refractivity contribution in [2.45, 2.75) is 12.8 Å². The fourth-order valence-electron chi connectivity index (χ4n) is 4.44. The molecule has 2 aliphatic rings. The van der Waals surface area contributed by atoms with Crippen LogP contribution < -0.4 is 17.1 Å². The van der Waals surface area contributed by atoms with Crippen molar-refractivity contribution in [3.8, 4) is 5.75 Å². The van der Waals surface area contributed by atoms with Crippen molar-refractivity contribution >= 4 is 5.76 Å². The predicted octanol–water partition coefficient (Wildman–Crippen LogP) is 2.27. The molecule has 2 heterocycles. The minimum Gasteiger partial charge on any atom is -1.00 e. The summed E-state index contributed by atoms with van der Waals surface area (Å²) in [4.78, 5) is 2.49. The molecule has 160 valence electrons. The molecular formula is C27H27ClNO2-. The smallest absolute Gasteiger partial charge is 0.136 e. The van der Waals surface area contributed by atoms with Gasteiger partial charge < -0.3 is 21.9 Å². The highest BCUT2D eigenvalue weighted by Crippen LogP contribution is 2.45. The van der Waals surface area contributed by atoms with Gasteiger partial charge in [-0.05, 0) is 24.1 Å². The molecule has 31 heavy (non-hydrogen) atoms. The first-order valence-electron chi connectivity index (χ1n) is 10.7. The quantitative estimate of drug-likeness (QED) is 0.631. The third kappa shape index (κ3) is 4.54. The van der Waals surface area contributed by atoms with E-state index in [0.717, 1.165) is 49.9 Å². The van der Waals surface area contributed by atoms with E-state index in [4.69, 9.17) is 9.47 Å². The molecule has 3 aromatic rings. The first kappa shape index (κ1) is 21.6. The number of hydrogen-bond acceptors (Lipinski definition) is 3. The lowest BCUT2D eigenvalue weighted by molar-refractivity contribution is -0.00000788. The minimum atomic E-state index is 0. The number of rotatable bonds is 4. The van der Waals surface area contributed by atoms with E-state index in [1.165, 1.54) is 22.3 Å². The molecule has 5 rings (SSSR count). The lowest BCUT2D eigenvalue weighted by atomic mass is 9.80. The van der Waals surface area contributed by atoms with Crippen LogP contribution >= 0.6 is 0 Å². The Morgan fingerprint density at radius 2 is 1.52 bits per heavy atom. The molecule has 2 aliphatic heterocycles. The molecular weight excluding hydrogens is 406 g/mol. The van der Waals surface area contributed by atoms with Gasteiger partial charge in [-0.25, -0.2) is 0 Å². The molecule has 1 saturated heterocycles. The number of fused-ring (bicyclic) bond motifs is 1. The molecule has 3 nitrogen and oxygen atoms in total. The Hall–Kier alpha value is -2.59. The lowest BCUT2D eigenvalue weighted by Crippen LogP contribution is -3.00. The van der Waals surface area contributed by atoms with E-state index in [1.807, 2.05) is 0 Å². The Morgan fingerprint density at radius 1 is 0.839 bits per heavy atom. The third-order valence-corrected chi connectivity index (χ3v) is 6.03. The van der Waals surface area contributed by atoms with Crippen molar-refractivity contribution in [3.05, 3.63) is 107 Å². The molecule has 0 aromatic heterocycles. The summed E-state index contributed by atoms with van der Waals surface area (Å²) in [5.74, 6) is 2.12. The van der Waals surface area contributed by atoms with Crippen molar-refractivity contribution in [3.63, 3.8) is 0 Å². The number of nitrogens with zero attached hydrogens (tertiary/aromatic N) is 1. The van der Waals surface area contributed by atoms with Crippen LogP contribution in [-0.2, 0) is 4.74 Å². The summed E-state index contributed by atoms with van der Waals surface area (Å²) in [6, 6.07) is 27.9. The predicted molar refractivity (Wildman–Crippen MR) is 121 cm³/mol. The second-order valence-corrected chi connectivity index (χ2v) is 8.09. The van der Waals surface area contributed by atoms with Crippen molar-refractivity contribution in [1.82, 2.24) is 4.90 Å². The zero-order chi connectivity index (χ0) is 20.3. The molecule has 1 atom stereocenters. The van der Waals surface area contributed by atoms with Crippen LogP contribution in [-0.4, -0.2) is 37.7 Å². The van der Waals surface area contributed by atoms with Gasteiger partial charge in [-0.1, -0.05) is 78.4 Å². The monoisotopic (exact) mass is 432 g/mol. The third-order valence-electron chi connectivity index (χ3n) is 6.03. The molecule has 0 radical (unpaired) electrons. The number of benzene rings is 3. The molecule has 4 heteroatoms. The van der Waals surface area contributed by atoms with E-state index in [9.17, 15) is 0 Å². The molecule has 0 saturated carbocycles. The average Bonchev–Trinajstić information content (AvgIpc) is 2.81. The summed E-state index contributed by atoms with van der Waals surface area (Å²) >= 11 is 0. The van der Waals surface area contributed by atoms with Crippen LogP contribution in [0.2, 0.25) is 0 Å². The molecule has 0 spiro atoms. The van der Waals surface area contributed by atoms with Crippen LogP contribution in [0.3, 0.4) is 0 Å². The van der Waals surface area contributed by atoms with Crippen molar-refractivity contribution in [2.75, 3.05) is 32.8 Å². The topological polar surface area (TPSA) is 21.7 Å². The van der Waals surface area contributed by atoms with E-state index < -0.39 is 0 Å². The van der Waals surface area contributed by atoms with Crippen LogP contribution in [0.15, 0.2) is 84.4 Å². The average molecular weight is 433 g/mol. The highest BCUT2D eigenvalue weighted by molar-refractivity contribution is 5.72. The van der Waals surface area contributed by atoms with E-state index in [0.29, 0.717) is 0 Å². The molecule has 3 aromatic carbocycles. The molecule has 0 N–H and O–H groups in total. The Kier molecular flexibility index (Phi) is 6.77. The van der Waals surface area contributed by atoms with Gasteiger partial charge in [0.1, 0.15) is 11.5 Å². The van der Waals surface area contributed by atoms with Crippen molar-refractivity contribution in [1.29, 1.82) is 0 Å². The number of ether oxygens (including phenoxy) is 2. The van der Waals surface area contributed by atoms with Gasteiger partial charge in [-0.2, -0.15) is 0 Å². The van der Waals surface area contributed by atoms with Crippen LogP contribution in [0.1, 0.15) is 28.2 Å². The summed E-state index contributed by atoms with van der Waals surface area (Å²) in [6.07, 6.45) is 0. The fraction of sp³-hybridized carbons (Fsp3) is 0.259. The first-order chi connectivity index (χ1) is 14.8. The normalized spacial score (nSPS) is 18.7. The number of hydrogen-bond donors (Lipinski definition) is 0. The molecule has 0 aliphatic carbocycles. The summed E-state index contributed by atoms with van der Waals surface area (Å²) in [6.45, 7) is 6.50. The SMILES string of the molecule is Cc1ccc(C2C(CN3CCOCC3)=C(c3ccccc3)Oc3ccccc32)cc1.[Cl-]. The summed E-state index contributed by atoms with van der Waals surface area (Å²) < 4.78 is 12.2. The highest BCUT2D eigenvalue weighted by atomic mass is 35.5. The Balaban J connectivity index is 0.00000231. The number of morpholine rings is 1. The van der Waals surface area contributed by atoms with Gasteiger partial charge in [0, 0.05) is 36.7 Å². The van der Waals surface area contributed by atoms with Gasteiger partial charge in [0.25, 0.3) is 0 Å². The minimum absolute atomic E-state index is 0. The second-order valence-electron chi connectivity index (χ2n) is 8.09. The molecule has 0 bridgehead atoms. The summed E-state index contributed by atoms with van der Waals surface area (Å²) in [5.41, 5.74) is 6.29. The van der Waals surface area contributed by atoms with Gasteiger partial charge in [0.2, 0.25) is 0 Å². The van der Waals surface area contributed by atoms with Crippen LogP contribution in [0.4, 0.5) is 0 Å². The summed E-state index contributed by atoms with van der Waals surface area (Å²) in [7, 11) is 0. The van der Waals surface area contributed by atoms with Crippen LogP contribution in [0.25, 0.3) is 5.76 Å². The fourth-order valence-corrected chi connectivity index (χ4v) is 4.44. The zero-order valence-electron chi connectivity index (χ0n) is 17.8. The van der Waals surface area contributed by atoms with E-state index >= 15 is 0 Å². The molecule has 1 unspecified atom stereocenters. The Labute approximate surface area is 190 Å². The highest BCUT2D eigenvalue weighted by Gasteiger charge is 2.32. The Morgan fingerprint density at radius 3 is 2.26 bits per heavy atom. The lowest BCUT2D eigenvalue weighted by Gasteiger charge is -2.35. The van der Waals surface area contributed by atoms with Gasteiger partial charge in [-0.3, -0.25) is 4.90 Å². The maximum absolute atomic E-state index is 6.57. The molecule has 0 amide bonds. The zero-order valence-corrected chi connectivity index (χ0v) is 18.5. The standard InChI is InChI=1S/C27H27NO2.ClH/c1-20-11-13-21(14-12-20)26-23-9-5-6-10-25(23)30-27(22-7-3-2-4-8-22)24(26)19-28-15-17-29-18-16-28;/h2-14,26H,15-19H2,1H3;1H/p-1. The van der Waals surface area contributed by atoms with Gasteiger partial charge >= 0.3 is 0 Å². The van der Waals surface area contributed by atoms with Crippen molar-refractivity contribution in [2.24, 2.45) is 0 Å². The largest absolute Gasteiger partial charge is 1.00 e. The first-order valence-corrected chi connectivity index (χ1v) is 10.7. The maximum Gasteiger partial charge on any atom is 0.136 e. The van der Waals surface area contributed by atoms with Crippen LogP contribution in [0, 0.1) is 6.92 Å². The number of halogens is 1. The van der Waals surface area contributed by atoms with Gasteiger partial charge in [-0.15, -0.1) is 0 Å². The summed E-state index contributed by atoms with van der Waals surface area (Å²) in [5, 5.41) is 0. The Bertz CT molecular complexity index is 1040. The second kappa shape index (κ2) is 9.69. The number of aryl methyl sites for hydroxylation is 1. The number of para-hydroxylation sites is 1. The van der Waals surface area contributed by atoms with E-state index in [-0.39, 0.29) is 18.3 Å². The maximum atomic E-state index is 6.57.